The van der Waals surface area contributed by atoms with Crippen LogP contribution >= 0.6 is 11.8 Å². The van der Waals surface area contributed by atoms with E-state index < -0.39 is 6.09 Å². The first-order chi connectivity index (χ1) is 8.72. The number of rotatable bonds is 3. The second-order valence-electron chi connectivity index (χ2n) is 3.54. The topological polar surface area (TPSA) is 45.1 Å². The van der Waals surface area contributed by atoms with Crippen LogP contribution in [-0.4, -0.2) is 34.9 Å². The number of hydrogen-bond donors (Lipinski definition) is 0. The van der Waals surface area contributed by atoms with Crippen molar-refractivity contribution in [1.29, 1.82) is 0 Å². The van der Waals surface area contributed by atoms with Crippen molar-refractivity contribution < 1.29 is 9.53 Å². The molecule has 0 bridgehead atoms. The van der Waals surface area contributed by atoms with Crippen LogP contribution in [0.4, 0.5) is 4.79 Å². The van der Waals surface area contributed by atoms with Gasteiger partial charge in [-0.3, -0.25) is 0 Å². The van der Waals surface area contributed by atoms with Gasteiger partial charge in [0.1, 0.15) is 5.04 Å². The monoisotopic (exact) mass is 264 g/mol. The van der Waals surface area contributed by atoms with E-state index in [4.69, 9.17) is 4.74 Å². The Kier molecular flexibility index (Phi) is 4.09. The number of thioether (sulfide) groups is 1. The number of carbonyl (C=O) groups excluding carboxylic acids is 1. The summed E-state index contributed by atoms with van der Waals surface area (Å²) in [5.74, 6) is 1.76. The lowest BCUT2D eigenvalue weighted by molar-refractivity contribution is 0.0282. The van der Waals surface area contributed by atoms with Crippen LogP contribution in [0.25, 0.3) is 0 Å². The van der Waals surface area contributed by atoms with Gasteiger partial charge in [-0.15, -0.1) is 5.10 Å². The third-order valence-corrected chi connectivity index (χ3v) is 3.15. The summed E-state index contributed by atoms with van der Waals surface area (Å²) in [5, 5.41) is 8.00. The van der Waals surface area contributed by atoms with E-state index in [9.17, 15) is 4.79 Å². The van der Waals surface area contributed by atoms with Crippen LogP contribution < -0.4 is 0 Å². The fourth-order valence-electron chi connectivity index (χ4n) is 1.38. The highest BCUT2D eigenvalue weighted by molar-refractivity contribution is 8.16. The van der Waals surface area contributed by atoms with E-state index in [-0.39, 0.29) is 0 Å². The van der Waals surface area contributed by atoms with Gasteiger partial charge in [0.25, 0.3) is 0 Å². The Morgan fingerprint density at radius 3 is 2.83 bits per heavy atom. The van der Waals surface area contributed by atoms with E-state index in [0.29, 0.717) is 6.61 Å². The summed E-state index contributed by atoms with van der Waals surface area (Å²) in [6.45, 7) is 2.12. The minimum Gasteiger partial charge on any atom is -0.448 e. The smallest absolute Gasteiger partial charge is 0.429 e. The number of hydrazone groups is 1. The van der Waals surface area contributed by atoms with Crippen LogP contribution in [0.2, 0.25) is 0 Å². The lowest BCUT2D eigenvalue weighted by Gasteiger charge is -2.23. The molecule has 1 aromatic carbocycles. The van der Waals surface area contributed by atoms with Crippen molar-refractivity contribution in [3.63, 3.8) is 0 Å². The van der Waals surface area contributed by atoms with Gasteiger partial charge in [-0.25, -0.2) is 9.80 Å². The predicted molar refractivity (Wildman–Crippen MR) is 71.5 cm³/mol. The molecule has 5 nitrogen and oxygen atoms in total. The number of hydrazine groups is 1. The molecule has 1 aliphatic rings. The second kappa shape index (κ2) is 5.77. The average Bonchev–Trinajstić information content (AvgIpc) is 2.89. The zero-order valence-corrected chi connectivity index (χ0v) is 11.1. The quantitative estimate of drug-likeness (QED) is 0.841. The number of carbonyl (C=O) groups is 1. The molecule has 0 saturated carbocycles. The minimum absolute atomic E-state index is 0.347. The van der Waals surface area contributed by atoms with E-state index in [0.717, 1.165) is 10.6 Å². The van der Waals surface area contributed by atoms with Gasteiger partial charge in [0.2, 0.25) is 0 Å². The molecule has 6 heteroatoms. The summed E-state index contributed by atoms with van der Waals surface area (Å²) in [7, 11) is 1.62. The Bertz CT molecular complexity index is 450. The van der Waals surface area contributed by atoms with Gasteiger partial charge < -0.3 is 4.74 Å². The van der Waals surface area contributed by atoms with Gasteiger partial charge >= 0.3 is 6.09 Å². The summed E-state index contributed by atoms with van der Waals surface area (Å²) >= 11 is 1.47. The first-order valence-electron chi connectivity index (χ1n) is 5.56. The van der Waals surface area contributed by atoms with Crippen molar-refractivity contribution in [3.8, 4) is 0 Å². The number of hydrogen-bond acceptors (Lipinski definition) is 5. The van der Waals surface area contributed by atoms with Crippen LogP contribution in [-0.2, 0) is 4.74 Å². The van der Waals surface area contributed by atoms with E-state index in [2.05, 4.69) is 5.10 Å². The molecule has 0 atom stereocenters. The Labute approximate surface area is 110 Å². The van der Waals surface area contributed by atoms with Crippen LogP contribution in [0.5, 0.6) is 0 Å². The Morgan fingerprint density at radius 2 is 2.17 bits per heavy atom. The Hall–Kier alpha value is -1.69. The maximum Gasteiger partial charge on any atom is 0.429 e. The lowest BCUT2D eigenvalue weighted by Crippen LogP contribution is -2.37. The highest BCUT2D eigenvalue weighted by Crippen LogP contribution is 2.27. The maximum absolute atomic E-state index is 11.5. The van der Waals surface area contributed by atoms with Crippen molar-refractivity contribution in [2.45, 2.75) is 6.92 Å². The third kappa shape index (κ3) is 2.76. The molecule has 1 aliphatic heterocycles. The molecule has 18 heavy (non-hydrogen) atoms. The highest BCUT2D eigenvalue weighted by atomic mass is 32.2. The minimum atomic E-state index is -0.424. The fraction of sp³-hybridized carbons (Fsp3) is 0.250. The molecular formula is C12H14N3O2S. The molecule has 0 spiro atoms. The standard InChI is InChI=1S/C12H14N3O2S/c1-3-17-12(16)14(2)15-9-18-11(13-15)10-7-5-4-6-8-10/h4-9H,3H2,1-2H3. The molecule has 0 unspecified atom stereocenters. The molecule has 0 fully saturated rings. The summed E-state index contributed by atoms with van der Waals surface area (Å²) < 4.78 is 4.90. The lowest BCUT2D eigenvalue weighted by atomic mass is 10.2. The Balaban J connectivity index is 2.06. The summed E-state index contributed by atoms with van der Waals surface area (Å²) in [4.78, 5) is 11.5. The van der Waals surface area contributed by atoms with Crippen LogP contribution in [0.3, 0.4) is 0 Å². The van der Waals surface area contributed by atoms with Crippen molar-refractivity contribution in [1.82, 2.24) is 10.1 Å². The van der Waals surface area contributed by atoms with Gasteiger partial charge in [-0.05, 0) is 6.92 Å². The molecular weight excluding hydrogens is 250 g/mol. The normalized spacial score (nSPS) is 14.3. The van der Waals surface area contributed by atoms with Crippen LogP contribution in [0, 0.1) is 5.88 Å². The zero-order valence-electron chi connectivity index (χ0n) is 10.2. The SMILES string of the molecule is CCOC(=O)N(C)N1[CH]SC(c2ccccc2)=N1. The van der Waals surface area contributed by atoms with Crippen LogP contribution in [0.15, 0.2) is 35.4 Å². The molecule has 0 saturated heterocycles. The predicted octanol–water partition coefficient (Wildman–Crippen LogP) is 2.52. The summed E-state index contributed by atoms with van der Waals surface area (Å²) in [6, 6.07) is 9.82. The molecule has 1 heterocycles. The van der Waals surface area contributed by atoms with Gasteiger partial charge in [0.05, 0.1) is 6.61 Å². The van der Waals surface area contributed by atoms with Gasteiger partial charge in [-0.1, -0.05) is 42.1 Å². The molecule has 95 valence electrons. The van der Waals surface area contributed by atoms with Gasteiger partial charge in [-0.2, -0.15) is 5.12 Å². The Morgan fingerprint density at radius 1 is 1.44 bits per heavy atom. The fourth-order valence-corrected chi connectivity index (χ4v) is 2.17. The first kappa shape index (κ1) is 12.8. The van der Waals surface area contributed by atoms with E-state index >= 15 is 0 Å². The molecule has 1 aromatic rings. The van der Waals surface area contributed by atoms with Gasteiger partial charge in [0, 0.05) is 12.6 Å². The van der Waals surface area contributed by atoms with Crippen molar-refractivity contribution in [3.05, 3.63) is 41.8 Å². The molecule has 0 N–H and O–H groups in total. The summed E-state index contributed by atoms with van der Waals surface area (Å²) in [6.07, 6.45) is -0.424. The van der Waals surface area contributed by atoms with Gasteiger partial charge in [0.15, 0.2) is 5.88 Å². The number of amides is 1. The third-order valence-electron chi connectivity index (χ3n) is 2.31. The van der Waals surface area contributed by atoms with Crippen LogP contribution in [0.1, 0.15) is 12.5 Å². The van der Waals surface area contributed by atoms with Crippen molar-refractivity contribution in [2.24, 2.45) is 5.10 Å². The molecule has 0 aromatic heterocycles. The van der Waals surface area contributed by atoms with E-state index in [1.807, 2.05) is 30.3 Å². The largest absolute Gasteiger partial charge is 0.448 e. The first-order valence-corrected chi connectivity index (χ1v) is 6.44. The summed E-state index contributed by atoms with van der Waals surface area (Å²) in [5.41, 5.74) is 1.03. The second-order valence-corrected chi connectivity index (χ2v) is 4.37. The van der Waals surface area contributed by atoms with Crippen molar-refractivity contribution >= 4 is 22.9 Å². The molecule has 1 radical (unpaired) electrons. The zero-order chi connectivity index (χ0) is 13.0. The van der Waals surface area contributed by atoms with E-state index in [1.165, 1.54) is 21.9 Å². The average molecular weight is 264 g/mol. The number of ether oxygens (including phenoxy) is 1. The number of benzene rings is 1. The maximum atomic E-state index is 11.5. The van der Waals surface area contributed by atoms with Crippen molar-refractivity contribution in [2.75, 3.05) is 13.7 Å². The highest BCUT2D eigenvalue weighted by Gasteiger charge is 2.24. The number of nitrogens with zero attached hydrogens (tertiary/aromatic N) is 3. The van der Waals surface area contributed by atoms with E-state index in [1.54, 1.807) is 19.8 Å². The molecule has 2 rings (SSSR count). The molecule has 1 amide bonds. The molecule has 0 aliphatic carbocycles.